The number of rotatable bonds is 4. The van der Waals surface area contributed by atoms with Gasteiger partial charge in [-0.1, -0.05) is 23.9 Å². The highest BCUT2D eigenvalue weighted by molar-refractivity contribution is 8.13. The minimum Gasteiger partial charge on any atom is -0.463 e. The van der Waals surface area contributed by atoms with E-state index in [4.69, 9.17) is 4.74 Å². The number of benzene rings is 1. The van der Waals surface area contributed by atoms with Gasteiger partial charge in [-0.25, -0.2) is 14.6 Å². The monoisotopic (exact) mass is 402 g/mol. The van der Waals surface area contributed by atoms with Crippen LogP contribution in [0, 0.1) is 0 Å². The summed E-state index contributed by atoms with van der Waals surface area (Å²) >= 11 is 1.72. The van der Waals surface area contributed by atoms with Crippen molar-refractivity contribution in [3.05, 3.63) is 41.1 Å². The maximum absolute atomic E-state index is 12.7. The van der Waals surface area contributed by atoms with Crippen molar-refractivity contribution in [2.45, 2.75) is 26.3 Å². The normalized spacial score (nSPS) is 18.9. The molecule has 3 rings (SSSR count). The Morgan fingerprint density at radius 3 is 2.68 bits per heavy atom. The minimum absolute atomic E-state index is 0.185. The molecule has 2 amide bonds. The second-order valence-corrected chi connectivity index (χ2v) is 7.92. The van der Waals surface area contributed by atoms with Crippen molar-refractivity contribution in [2.24, 2.45) is 4.99 Å². The van der Waals surface area contributed by atoms with Crippen molar-refractivity contribution >= 4 is 34.6 Å². The summed E-state index contributed by atoms with van der Waals surface area (Å²) in [7, 11) is 3.39. The molecule has 0 spiro atoms. The van der Waals surface area contributed by atoms with Crippen LogP contribution in [-0.4, -0.2) is 60.0 Å². The predicted molar refractivity (Wildman–Crippen MR) is 112 cm³/mol. The number of anilines is 1. The molecule has 150 valence electrons. The summed E-state index contributed by atoms with van der Waals surface area (Å²) in [6, 6.07) is 7.19. The van der Waals surface area contributed by atoms with Crippen LogP contribution in [0.5, 0.6) is 0 Å². The van der Waals surface area contributed by atoms with E-state index < -0.39 is 0 Å². The number of nitrogens with one attached hydrogen (secondary N) is 1. The molecule has 1 aromatic carbocycles. The van der Waals surface area contributed by atoms with Gasteiger partial charge in [0.15, 0.2) is 5.17 Å². The van der Waals surface area contributed by atoms with E-state index in [0.717, 1.165) is 29.4 Å². The number of urea groups is 1. The number of amides is 2. The maximum Gasteiger partial charge on any atom is 0.338 e. The molecule has 1 unspecified atom stereocenters. The highest BCUT2D eigenvalue weighted by atomic mass is 32.2. The van der Waals surface area contributed by atoms with E-state index in [2.05, 4.69) is 15.2 Å². The molecule has 0 radical (unpaired) electrons. The van der Waals surface area contributed by atoms with Gasteiger partial charge in [0, 0.05) is 32.1 Å². The highest BCUT2D eigenvalue weighted by Gasteiger charge is 2.37. The molecule has 2 aliphatic heterocycles. The third kappa shape index (κ3) is 4.16. The van der Waals surface area contributed by atoms with Crippen LogP contribution in [0.3, 0.4) is 0 Å². The first-order chi connectivity index (χ1) is 13.4. The molecule has 1 N–H and O–H groups in total. The number of esters is 1. The van der Waals surface area contributed by atoms with Gasteiger partial charge in [-0.15, -0.1) is 0 Å². The predicted octanol–water partition coefficient (Wildman–Crippen LogP) is 3.47. The average Bonchev–Trinajstić information content (AvgIpc) is 2.67. The molecule has 28 heavy (non-hydrogen) atoms. The molecule has 0 bridgehead atoms. The lowest BCUT2D eigenvalue weighted by Crippen LogP contribution is -2.42. The van der Waals surface area contributed by atoms with Gasteiger partial charge in [0.2, 0.25) is 0 Å². The molecule has 2 aliphatic rings. The maximum atomic E-state index is 12.7. The first kappa shape index (κ1) is 20.3. The molecule has 1 fully saturated rings. The van der Waals surface area contributed by atoms with Crippen LogP contribution in [0.1, 0.15) is 31.9 Å². The summed E-state index contributed by atoms with van der Waals surface area (Å²) in [5.74, 6) is 0.702. The number of carbonyl (C=O) groups excluding carboxylic acids is 2. The van der Waals surface area contributed by atoms with E-state index >= 15 is 0 Å². The fourth-order valence-corrected chi connectivity index (χ4v) is 4.29. The second kappa shape index (κ2) is 8.68. The van der Waals surface area contributed by atoms with E-state index in [-0.39, 0.29) is 18.0 Å². The summed E-state index contributed by atoms with van der Waals surface area (Å²) in [6.45, 7) is 4.83. The fraction of sp³-hybridized carbons (Fsp3) is 0.450. The summed E-state index contributed by atoms with van der Waals surface area (Å²) in [5, 5.41) is 3.78. The number of aliphatic imine (C=N–C) groups is 1. The zero-order valence-electron chi connectivity index (χ0n) is 16.7. The van der Waals surface area contributed by atoms with Crippen molar-refractivity contribution in [3.8, 4) is 0 Å². The van der Waals surface area contributed by atoms with Crippen LogP contribution in [0.2, 0.25) is 0 Å². The number of thioether (sulfide) groups is 1. The van der Waals surface area contributed by atoms with Crippen LogP contribution in [0.15, 0.2) is 40.5 Å². The summed E-state index contributed by atoms with van der Waals surface area (Å²) in [6.07, 6.45) is 1.03. The third-order valence-electron chi connectivity index (χ3n) is 4.64. The smallest absolute Gasteiger partial charge is 0.338 e. The third-order valence-corrected chi connectivity index (χ3v) is 5.71. The molecule has 0 saturated carbocycles. The molecule has 1 atom stereocenters. The molecule has 1 saturated heterocycles. The molecular formula is C20H26N4O3S. The molecule has 8 heteroatoms. The quantitative estimate of drug-likeness (QED) is 0.781. The number of ether oxygens (including phenoxy) is 1. The Morgan fingerprint density at radius 1 is 1.32 bits per heavy atom. The van der Waals surface area contributed by atoms with Gasteiger partial charge in [0.1, 0.15) is 0 Å². The lowest BCUT2D eigenvalue weighted by Gasteiger charge is -2.40. The number of nitrogens with zero attached hydrogens (tertiary/aromatic N) is 3. The second-order valence-electron chi connectivity index (χ2n) is 6.86. The van der Waals surface area contributed by atoms with E-state index in [0.29, 0.717) is 23.6 Å². The number of hydrogen-bond acceptors (Lipinski definition) is 6. The van der Waals surface area contributed by atoms with Crippen LogP contribution in [0.4, 0.5) is 10.5 Å². The first-order valence-corrected chi connectivity index (χ1v) is 10.3. The average molecular weight is 403 g/mol. The number of amidine groups is 1. The lowest BCUT2D eigenvalue weighted by atomic mass is 9.94. The van der Waals surface area contributed by atoms with Crippen LogP contribution < -0.4 is 5.32 Å². The fourth-order valence-electron chi connectivity index (χ4n) is 3.27. The van der Waals surface area contributed by atoms with E-state index in [1.54, 1.807) is 32.8 Å². The highest BCUT2D eigenvalue weighted by Crippen LogP contribution is 2.40. The zero-order valence-corrected chi connectivity index (χ0v) is 17.5. The van der Waals surface area contributed by atoms with Gasteiger partial charge in [-0.2, -0.15) is 0 Å². The summed E-state index contributed by atoms with van der Waals surface area (Å²) in [4.78, 5) is 32.9. The molecular weight excluding hydrogens is 376 g/mol. The zero-order chi connectivity index (χ0) is 20.3. The van der Waals surface area contributed by atoms with Crippen molar-refractivity contribution < 1.29 is 14.3 Å². The molecule has 2 heterocycles. The topological polar surface area (TPSA) is 74.2 Å². The Hall–Kier alpha value is -2.48. The Morgan fingerprint density at radius 2 is 2.04 bits per heavy atom. The van der Waals surface area contributed by atoms with Gasteiger partial charge in [-0.05, 0) is 38.0 Å². The summed E-state index contributed by atoms with van der Waals surface area (Å²) in [5.41, 5.74) is 2.96. The Balaban J connectivity index is 1.95. The first-order valence-electron chi connectivity index (χ1n) is 9.36. The molecule has 7 nitrogen and oxygen atoms in total. The number of carbonyl (C=O) groups is 2. The Kier molecular flexibility index (Phi) is 6.28. The van der Waals surface area contributed by atoms with Crippen molar-refractivity contribution in [2.75, 3.05) is 38.3 Å². The Labute approximate surface area is 169 Å². The Bertz CT molecular complexity index is 817. The van der Waals surface area contributed by atoms with Crippen molar-refractivity contribution in [1.82, 2.24) is 9.80 Å². The molecule has 1 aromatic rings. The molecule has 0 aromatic heterocycles. The van der Waals surface area contributed by atoms with Crippen LogP contribution >= 0.6 is 11.8 Å². The standard InChI is InChI=1S/C20H26N4O3S/c1-5-27-18(25)16-13(2)21-20-24(11-6-12-28-20)17(16)14-7-9-15(10-8-14)22-19(26)23(3)4/h7-10,17H,5-6,11-12H2,1-4H3,(H,22,26). The van der Waals surface area contributed by atoms with Gasteiger partial charge in [0.05, 0.1) is 23.9 Å². The molecule has 0 aliphatic carbocycles. The lowest BCUT2D eigenvalue weighted by molar-refractivity contribution is -0.139. The van der Waals surface area contributed by atoms with Crippen LogP contribution in [0.25, 0.3) is 0 Å². The minimum atomic E-state index is -0.326. The van der Waals surface area contributed by atoms with E-state index in [9.17, 15) is 9.59 Å². The van der Waals surface area contributed by atoms with E-state index in [1.807, 2.05) is 31.2 Å². The van der Waals surface area contributed by atoms with Gasteiger partial charge >= 0.3 is 12.0 Å². The van der Waals surface area contributed by atoms with Gasteiger partial charge < -0.3 is 19.9 Å². The van der Waals surface area contributed by atoms with Crippen molar-refractivity contribution in [1.29, 1.82) is 0 Å². The van der Waals surface area contributed by atoms with Crippen molar-refractivity contribution in [3.63, 3.8) is 0 Å². The van der Waals surface area contributed by atoms with Gasteiger partial charge in [-0.3, -0.25) is 0 Å². The summed E-state index contributed by atoms with van der Waals surface area (Å²) < 4.78 is 5.32. The van der Waals surface area contributed by atoms with Crippen LogP contribution in [-0.2, 0) is 9.53 Å². The SMILES string of the molecule is CCOC(=O)C1=C(C)N=C2SCCCN2C1c1ccc(NC(=O)N(C)C)cc1. The number of allylic oxidation sites excluding steroid dienone is 1. The number of fused-ring (bicyclic) bond motifs is 1. The largest absolute Gasteiger partial charge is 0.463 e. The number of hydrogen-bond donors (Lipinski definition) is 1. The van der Waals surface area contributed by atoms with E-state index in [1.165, 1.54) is 4.90 Å². The van der Waals surface area contributed by atoms with Gasteiger partial charge in [0.25, 0.3) is 0 Å².